The molecular formula is C14H20O4. The maximum absolute atomic E-state index is 11.4. The van der Waals surface area contributed by atoms with Gasteiger partial charge in [0.1, 0.15) is 25.1 Å². The summed E-state index contributed by atoms with van der Waals surface area (Å²) in [5.41, 5.74) is 0. The SMILES string of the molecule is CCC(C)C(=O)OCC(O)COc1ccccc1. The second-order valence-corrected chi connectivity index (χ2v) is 4.22. The topological polar surface area (TPSA) is 55.8 Å². The zero-order chi connectivity index (χ0) is 13.4. The van der Waals surface area contributed by atoms with E-state index in [0.717, 1.165) is 6.42 Å². The number of benzene rings is 1. The first-order chi connectivity index (χ1) is 8.63. The number of esters is 1. The molecule has 2 atom stereocenters. The monoisotopic (exact) mass is 252 g/mol. The van der Waals surface area contributed by atoms with Crippen molar-refractivity contribution in [3.05, 3.63) is 30.3 Å². The zero-order valence-corrected chi connectivity index (χ0v) is 10.8. The third-order valence-corrected chi connectivity index (χ3v) is 2.62. The summed E-state index contributed by atoms with van der Waals surface area (Å²) in [6, 6.07) is 9.20. The average molecular weight is 252 g/mol. The molecule has 18 heavy (non-hydrogen) atoms. The minimum absolute atomic E-state index is 0.0317. The van der Waals surface area contributed by atoms with Gasteiger partial charge in [0.25, 0.3) is 0 Å². The Balaban J connectivity index is 2.22. The lowest BCUT2D eigenvalue weighted by atomic mass is 10.1. The van der Waals surface area contributed by atoms with E-state index in [4.69, 9.17) is 9.47 Å². The van der Waals surface area contributed by atoms with Crippen molar-refractivity contribution in [3.63, 3.8) is 0 Å². The van der Waals surface area contributed by atoms with Crippen LogP contribution in [0.4, 0.5) is 0 Å². The number of aliphatic hydroxyl groups excluding tert-OH is 1. The van der Waals surface area contributed by atoms with Gasteiger partial charge in [-0.05, 0) is 18.6 Å². The van der Waals surface area contributed by atoms with Crippen molar-refractivity contribution in [1.82, 2.24) is 0 Å². The number of aliphatic hydroxyl groups is 1. The molecule has 0 radical (unpaired) electrons. The Morgan fingerprint density at radius 3 is 2.56 bits per heavy atom. The lowest BCUT2D eigenvalue weighted by molar-refractivity contribution is -0.151. The van der Waals surface area contributed by atoms with Crippen LogP contribution in [0.5, 0.6) is 5.75 Å². The summed E-state index contributed by atoms with van der Waals surface area (Å²) in [6.07, 6.45) is -0.0756. The van der Waals surface area contributed by atoms with Crippen LogP contribution < -0.4 is 4.74 Å². The predicted molar refractivity (Wildman–Crippen MR) is 68.4 cm³/mol. The van der Waals surface area contributed by atoms with Gasteiger partial charge in [0.2, 0.25) is 0 Å². The van der Waals surface area contributed by atoms with Crippen molar-refractivity contribution in [2.75, 3.05) is 13.2 Å². The van der Waals surface area contributed by atoms with E-state index in [2.05, 4.69) is 0 Å². The molecule has 1 aromatic carbocycles. The van der Waals surface area contributed by atoms with Gasteiger partial charge in [-0.15, -0.1) is 0 Å². The van der Waals surface area contributed by atoms with E-state index >= 15 is 0 Å². The summed E-state index contributed by atoms with van der Waals surface area (Å²) < 4.78 is 10.3. The first-order valence-electron chi connectivity index (χ1n) is 6.16. The summed E-state index contributed by atoms with van der Waals surface area (Å²) in [6.45, 7) is 3.80. The summed E-state index contributed by atoms with van der Waals surface area (Å²) in [7, 11) is 0. The average Bonchev–Trinajstić information content (AvgIpc) is 2.42. The van der Waals surface area contributed by atoms with Crippen LogP contribution in [0.2, 0.25) is 0 Å². The number of para-hydroxylation sites is 1. The minimum Gasteiger partial charge on any atom is -0.491 e. The van der Waals surface area contributed by atoms with Crippen LogP contribution >= 0.6 is 0 Å². The van der Waals surface area contributed by atoms with Gasteiger partial charge in [0, 0.05) is 0 Å². The van der Waals surface area contributed by atoms with Gasteiger partial charge in [-0.1, -0.05) is 32.0 Å². The van der Waals surface area contributed by atoms with Crippen molar-refractivity contribution in [1.29, 1.82) is 0 Å². The van der Waals surface area contributed by atoms with Gasteiger partial charge < -0.3 is 14.6 Å². The van der Waals surface area contributed by atoms with Gasteiger partial charge in [-0.2, -0.15) is 0 Å². The van der Waals surface area contributed by atoms with Gasteiger partial charge in [-0.3, -0.25) is 4.79 Å². The van der Waals surface area contributed by atoms with Crippen LogP contribution in [-0.4, -0.2) is 30.4 Å². The summed E-state index contributed by atoms with van der Waals surface area (Å²) in [5.74, 6) is 0.272. The molecule has 0 fully saturated rings. The van der Waals surface area contributed by atoms with Crippen LogP contribution in [0.25, 0.3) is 0 Å². The van der Waals surface area contributed by atoms with E-state index in [0.29, 0.717) is 5.75 Å². The highest BCUT2D eigenvalue weighted by Gasteiger charge is 2.14. The molecule has 1 aromatic rings. The van der Waals surface area contributed by atoms with Crippen molar-refractivity contribution < 1.29 is 19.4 Å². The fourth-order valence-electron chi connectivity index (χ4n) is 1.24. The van der Waals surface area contributed by atoms with Crippen molar-refractivity contribution >= 4 is 5.97 Å². The van der Waals surface area contributed by atoms with Crippen LogP contribution in [0, 0.1) is 5.92 Å². The van der Waals surface area contributed by atoms with Gasteiger partial charge in [0.15, 0.2) is 0 Å². The van der Waals surface area contributed by atoms with Crippen LogP contribution in [0.15, 0.2) is 30.3 Å². The minimum atomic E-state index is -0.807. The van der Waals surface area contributed by atoms with Crippen LogP contribution in [-0.2, 0) is 9.53 Å². The lowest BCUT2D eigenvalue weighted by Gasteiger charge is -2.14. The van der Waals surface area contributed by atoms with Crippen LogP contribution in [0.1, 0.15) is 20.3 Å². The Bertz CT molecular complexity index is 350. The standard InChI is InChI=1S/C14H20O4/c1-3-11(2)14(16)18-10-12(15)9-17-13-7-5-4-6-8-13/h4-8,11-12,15H,3,9-10H2,1-2H3. The third-order valence-electron chi connectivity index (χ3n) is 2.62. The molecule has 2 unspecified atom stereocenters. The smallest absolute Gasteiger partial charge is 0.308 e. The molecule has 0 amide bonds. The Morgan fingerprint density at radius 1 is 1.28 bits per heavy atom. The fourth-order valence-corrected chi connectivity index (χ4v) is 1.24. The molecule has 0 aliphatic rings. The molecule has 4 nitrogen and oxygen atoms in total. The van der Waals surface area contributed by atoms with E-state index < -0.39 is 6.10 Å². The molecule has 1 N–H and O–H groups in total. The van der Waals surface area contributed by atoms with Crippen molar-refractivity contribution in [3.8, 4) is 5.75 Å². The quantitative estimate of drug-likeness (QED) is 0.754. The molecule has 0 saturated heterocycles. The number of hydrogen-bond acceptors (Lipinski definition) is 4. The third kappa shape index (κ3) is 5.19. The lowest BCUT2D eigenvalue weighted by Crippen LogP contribution is -2.27. The van der Waals surface area contributed by atoms with E-state index in [1.165, 1.54) is 0 Å². The number of carbonyl (C=O) groups is 1. The number of rotatable bonds is 7. The molecular weight excluding hydrogens is 232 g/mol. The second-order valence-electron chi connectivity index (χ2n) is 4.22. The Kier molecular flexibility index (Phi) is 6.22. The molecule has 0 spiro atoms. The summed E-state index contributed by atoms with van der Waals surface area (Å²) in [5, 5.41) is 9.61. The zero-order valence-electron chi connectivity index (χ0n) is 10.8. The molecule has 0 saturated carbocycles. The van der Waals surface area contributed by atoms with Gasteiger partial charge in [0.05, 0.1) is 5.92 Å². The Hall–Kier alpha value is -1.55. The molecule has 0 bridgehead atoms. The predicted octanol–water partition coefficient (Wildman–Crippen LogP) is 2.02. The maximum atomic E-state index is 11.4. The normalized spacial score (nSPS) is 13.7. The molecule has 0 heterocycles. The Labute approximate surface area is 108 Å². The highest BCUT2D eigenvalue weighted by molar-refractivity contribution is 5.71. The Morgan fingerprint density at radius 2 is 1.94 bits per heavy atom. The van der Waals surface area contributed by atoms with E-state index in [-0.39, 0.29) is 25.1 Å². The van der Waals surface area contributed by atoms with Crippen molar-refractivity contribution in [2.24, 2.45) is 5.92 Å². The first kappa shape index (κ1) is 14.5. The second kappa shape index (κ2) is 7.71. The first-order valence-corrected chi connectivity index (χ1v) is 6.16. The van der Waals surface area contributed by atoms with E-state index in [9.17, 15) is 9.90 Å². The van der Waals surface area contributed by atoms with E-state index in [1.807, 2.05) is 25.1 Å². The van der Waals surface area contributed by atoms with Crippen molar-refractivity contribution in [2.45, 2.75) is 26.4 Å². The van der Waals surface area contributed by atoms with E-state index in [1.54, 1.807) is 19.1 Å². The summed E-state index contributed by atoms with van der Waals surface area (Å²) >= 11 is 0. The molecule has 0 aliphatic carbocycles. The maximum Gasteiger partial charge on any atom is 0.308 e. The molecule has 100 valence electrons. The summed E-state index contributed by atoms with van der Waals surface area (Å²) in [4.78, 5) is 11.4. The molecule has 4 heteroatoms. The van der Waals surface area contributed by atoms with Gasteiger partial charge in [-0.25, -0.2) is 0 Å². The highest BCUT2D eigenvalue weighted by atomic mass is 16.5. The molecule has 1 rings (SSSR count). The number of hydrogen-bond donors (Lipinski definition) is 1. The molecule has 0 aromatic heterocycles. The largest absolute Gasteiger partial charge is 0.491 e. The number of ether oxygens (including phenoxy) is 2. The number of carbonyl (C=O) groups excluding carboxylic acids is 1. The fraction of sp³-hybridized carbons (Fsp3) is 0.500. The van der Waals surface area contributed by atoms with Crippen LogP contribution in [0.3, 0.4) is 0 Å². The molecule has 0 aliphatic heterocycles. The van der Waals surface area contributed by atoms with Gasteiger partial charge >= 0.3 is 5.97 Å². The highest BCUT2D eigenvalue weighted by Crippen LogP contribution is 2.09.